The third-order valence-electron chi connectivity index (χ3n) is 7.22. The molecule has 3 unspecified atom stereocenters. The second kappa shape index (κ2) is 11.1. The molecule has 0 aromatic heterocycles. The van der Waals surface area contributed by atoms with Gasteiger partial charge in [0.1, 0.15) is 28.5 Å². The van der Waals surface area contributed by atoms with Gasteiger partial charge in [0, 0.05) is 0 Å². The van der Waals surface area contributed by atoms with E-state index >= 15 is 0 Å². The molecule has 3 aromatic carbocycles. The van der Waals surface area contributed by atoms with Crippen LogP contribution < -0.4 is 14.2 Å². The lowest BCUT2D eigenvalue weighted by atomic mass is 9.80. The zero-order chi connectivity index (χ0) is 27.5. The summed E-state index contributed by atoms with van der Waals surface area (Å²) in [5, 5.41) is 0. The van der Waals surface area contributed by atoms with Crippen molar-refractivity contribution in [1.82, 2.24) is 0 Å². The lowest BCUT2D eigenvalue weighted by Gasteiger charge is -2.36. The second-order valence-electron chi connectivity index (χ2n) is 10.8. The predicted molar refractivity (Wildman–Crippen MR) is 147 cm³/mol. The molecule has 0 heterocycles. The molecule has 3 atom stereocenters. The Bertz CT molecular complexity index is 1090. The van der Waals surface area contributed by atoms with Gasteiger partial charge in [-0.25, -0.2) is 0 Å². The maximum Gasteiger partial charge on any atom is 0.310 e. The van der Waals surface area contributed by atoms with Crippen molar-refractivity contribution in [3.05, 3.63) is 89.5 Å². The molecule has 0 bridgehead atoms. The molecule has 6 heteroatoms. The van der Waals surface area contributed by atoms with E-state index in [1.54, 1.807) is 21.3 Å². The van der Waals surface area contributed by atoms with Crippen LogP contribution in [0, 0.1) is 17.8 Å². The first-order valence-electron chi connectivity index (χ1n) is 12.9. The van der Waals surface area contributed by atoms with Crippen molar-refractivity contribution in [2.45, 2.75) is 38.9 Å². The Balaban J connectivity index is 1.78. The van der Waals surface area contributed by atoms with E-state index in [0.29, 0.717) is 6.61 Å². The molecule has 0 aliphatic heterocycles. The Morgan fingerprint density at radius 3 is 1.37 bits per heavy atom. The van der Waals surface area contributed by atoms with Crippen LogP contribution in [0.1, 0.15) is 44.4 Å². The molecular formula is C32H38O6. The zero-order valence-corrected chi connectivity index (χ0v) is 23.3. The molecule has 38 heavy (non-hydrogen) atoms. The number of hydrogen-bond acceptors (Lipinski definition) is 6. The third-order valence-corrected chi connectivity index (χ3v) is 7.22. The number of ether oxygens (including phenoxy) is 5. The number of rotatable bonds is 10. The Kier molecular flexibility index (Phi) is 8.02. The summed E-state index contributed by atoms with van der Waals surface area (Å²) in [6.45, 7) is 8.15. The molecule has 0 saturated heterocycles. The fourth-order valence-corrected chi connectivity index (χ4v) is 5.01. The van der Waals surface area contributed by atoms with Gasteiger partial charge in [-0.2, -0.15) is 0 Å². The lowest BCUT2D eigenvalue weighted by Crippen LogP contribution is -2.34. The number of esters is 1. The highest BCUT2D eigenvalue weighted by Crippen LogP contribution is 2.50. The van der Waals surface area contributed by atoms with Crippen molar-refractivity contribution in [3.63, 3.8) is 0 Å². The van der Waals surface area contributed by atoms with Gasteiger partial charge in [-0.15, -0.1) is 0 Å². The number of carbonyl (C=O) groups excluding carboxylic acids is 1. The second-order valence-corrected chi connectivity index (χ2v) is 10.8. The Morgan fingerprint density at radius 2 is 1.05 bits per heavy atom. The highest BCUT2D eigenvalue weighted by molar-refractivity contribution is 5.76. The standard InChI is InChI=1S/C32H38O6/c1-21-28(29(21)30(33)38-31(2,3)4)20-37-32(22-8-14-25(34-5)15-9-22,23-10-16-26(35-6)17-11-23)24-12-18-27(36-7)19-13-24/h8-19,21,28-29H,20H2,1-7H3. The van der Waals surface area contributed by atoms with Crippen LogP contribution in [0.3, 0.4) is 0 Å². The van der Waals surface area contributed by atoms with Gasteiger partial charge in [-0.05, 0) is 85.7 Å². The topological polar surface area (TPSA) is 63.2 Å². The third kappa shape index (κ3) is 5.65. The van der Waals surface area contributed by atoms with Gasteiger partial charge in [0.05, 0.1) is 33.9 Å². The largest absolute Gasteiger partial charge is 0.497 e. The van der Waals surface area contributed by atoms with E-state index < -0.39 is 11.2 Å². The minimum atomic E-state index is -0.953. The maximum absolute atomic E-state index is 12.9. The molecule has 202 valence electrons. The number of hydrogen-bond donors (Lipinski definition) is 0. The van der Waals surface area contributed by atoms with Crippen LogP contribution in [0.15, 0.2) is 72.8 Å². The van der Waals surface area contributed by atoms with Gasteiger partial charge in [-0.1, -0.05) is 43.3 Å². The van der Waals surface area contributed by atoms with Crippen LogP contribution in [-0.4, -0.2) is 39.5 Å². The van der Waals surface area contributed by atoms with Gasteiger partial charge in [0.15, 0.2) is 0 Å². The molecule has 1 fully saturated rings. The molecule has 1 saturated carbocycles. The van der Waals surface area contributed by atoms with E-state index in [1.807, 2.05) is 93.6 Å². The van der Waals surface area contributed by atoms with Crippen molar-refractivity contribution >= 4 is 5.97 Å². The minimum Gasteiger partial charge on any atom is -0.497 e. The van der Waals surface area contributed by atoms with Crippen LogP contribution in [0.2, 0.25) is 0 Å². The normalized spacial score (nSPS) is 19.0. The minimum absolute atomic E-state index is 0.0546. The maximum atomic E-state index is 12.9. The molecular weight excluding hydrogens is 480 g/mol. The molecule has 1 aliphatic carbocycles. The van der Waals surface area contributed by atoms with E-state index in [4.69, 9.17) is 23.7 Å². The molecule has 0 radical (unpaired) electrons. The zero-order valence-electron chi connectivity index (χ0n) is 23.3. The lowest BCUT2D eigenvalue weighted by molar-refractivity contribution is -0.157. The average Bonchev–Trinajstić information content (AvgIpc) is 3.58. The Labute approximate surface area is 225 Å². The van der Waals surface area contributed by atoms with Crippen molar-refractivity contribution in [2.24, 2.45) is 17.8 Å². The van der Waals surface area contributed by atoms with Crippen molar-refractivity contribution < 1.29 is 28.5 Å². The quantitative estimate of drug-likeness (QED) is 0.234. The summed E-state index contributed by atoms with van der Waals surface area (Å²) in [7, 11) is 4.95. The highest BCUT2D eigenvalue weighted by atomic mass is 16.6. The average molecular weight is 519 g/mol. The Morgan fingerprint density at radius 1 is 0.684 bits per heavy atom. The fourth-order valence-electron chi connectivity index (χ4n) is 5.01. The van der Waals surface area contributed by atoms with E-state index in [2.05, 4.69) is 6.92 Å². The molecule has 3 aromatic rings. The van der Waals surface area contributed by atoms with Crippen LogP contribution >= 0.6 is 0 Å². The molecule has 0 N–H and O–H groups in total. The van der Waals surface area contributed by atoms with E-state index in [-0.39, 0.29) is 23.7 Å². The smallest absolute Gasteiger partial charge is 0.310 e. The van der Waals surface area contributed by atoms with Gasteiger partial charge in [0.2, 0.25) is 0 Å². The summed E-state index contributed by atoms with van der Waals surface area (Å²) in [6, 6.07) is 23.7. The molecule has 6 nitrogen and oxygen atoms in total. The van der Waals surface area contributed by atoms with Gasteiger partial charge >= 0.3 is 5.97 Å². The van der Waals surface area contributed by atoms with Crippen LogP contribution in [0.25, 0.3) is 0 Å². The Hall–Kier alpha value is -3.51. The van der Waals surface area contributed by atoms with E-state index in [0.717, 1.165) is 33.9 Å². The first kappa shape index (κ1) is 27.5. The summed E-state index contributed by atoms with van der Waals surface area (Å²) in [6.07, 6.45) is 0. The fraction of sp³-hybridized carbons (Fsp3) is 0.406. The first-order valence-corrected chi connectivity index (χ1v) is 12.9. The molecule has 4 rings (SSSR count). The van der Waals surface area contributed by atoms with Gasteiger partial charge < -0.3 is 23.7 Å². The van der Waals surface area contributed by atoms with Crippen molar-refractivity contribution in [2.75, 3.05) is 27.9 Å². The summed E-state index contributed by atoms with van der Waals surface area (Å²) in [5.41, 5.74) is 1.34. The van der Waals surface area contributed by atoms with Crippen LogP contribution in [-0.2, 0) is 19.9 Å². The number of methoxy groups -OCH3 is 3. The SMILES string of the molecule is COc1ccc(C(OCC2C(C)C2C(=O)OC(C)(C)C)(c2ccc(OC)cc2)c2ccc(OC)cc2)cc1. The van der Waals surface area contributed by atoms with E-state index in [9.17, 15) is 4.79 Å². The highest BCUT2D eigenvalue weighted by Gasteiger charge is 2.54. The summed E-state index contributed by atoms with van der Waals surface area (Å²) >= 11 is 0. The van der Waals surface area contributed by atoms with Crippen molar-refractivity contribution in [3.8, 4) is 17.2 Å². The molecule has 0 amide bonds. The number of carbonyl (C=O) groups is 1. The van der Waals surface area contributed by atoms with Crippen molar-refractivity contribution in [1.29, 1.82) is 0 Å². The van der Waals surface area contributed by atoms with Crippen LogP contribution in [0.5, 0.6) is 17.2 Å². The van der Waals surface area contributed by atoms with Gasteiger partial charge in [0.25, 0.3) is 0 Å². The number of benzene rings is 3. The van der Waals surface area contributed by atoms with Gasteiger partial charge in [-0.3, -0.25) is 4.79 Å². The predicted octanol–water partition coefficient (Wildman–Crippen LogP) is 6.24. The van der Waals surface area contributed by atoms with Crippen LogP contribution in [0.4, 0.5) is 0 Å². The molecule has 0 spiro atoms. The summed E-state index contributed by atoms with van der Waals surface area (Å²) in [5.74, 6) is 2.15. The summed E-state index contributed by atoms with van der Waals surface area (Å²) < 4.78 is 29.0. The monoisotopic (exact) mass is 518 g/mol. The van der Waals surface area contributed by atoms with E-state index in [1.165, 1.54) is 0 Å². The first-order chi connectivity index (χ1) is 18.1. The molecule has 1 aliphatic rings. The summed E-state index contributed by atoms with van der Waals surface area (Å²) in [4.78, 5) is 12.9.